The van der Waals surface area contributed by atoms with Gasteiger partial charge in [0.25, 0.3) is 0 Å². The van der Waals surface area contributed by atoms with Gasteiger partial charge in [-0.25, -0.2) is 0 Å². The van der Waals surface area contributed by atoms with E-state index >= 15 is 0 Å². The maximum absolute atomic E-state index is 5.67. The van der Waals surface area contributed by atoms with Gasteiger partial charge in [0.2, 0.25) is 0 Å². The average molecular weight is 311 g/mol. The van der Waals surface area contributed by atoms with Gasteiger partial charge in [0, 0.05) is 11.6 Å². The summed E-state index contributed by atoms with van der Waals surface area (Å²) in [6.45, 7) is 9.11. The number of hydrogen-bond donors (Lipinski definition) is 0. The van der Waals surface area contributed by atoms with Gasteiger partial charge in [-0.1, -0.05) is 49.7 Å². The zero-order valence-corrected chi connectivity index (χ0v) is 13.6. The SMILES string of the molecule is COC1c2cc(CC(C)(C)C)cc(Br)c2CC1C. The van der Waals surface area contributed by atoms with E-state index < -0.39 is 0 Å². The summed E-state index contributed by atoms with van der Waals surface area (Å²) < 4.78 is 6.92. The molecule has 0 amide bonds. The van der Waals surface area contributed by atoms with Crippen LogP contribution in [-0.4, -0.2) is 7.11 Å². The minimum Gasteiger partial charge on any atom is -0.376 e. The van der Waals surface area contributed by atoms with E-state index in [1.165, 1.54) is 21.2 Å². The van der Waals surface area contributed by atoms with Gasteiger partial charge in [-0.2, -0.15) is 0 Å². The van der Waals surface area contributed by atoms with Crippen LogP contribution in [0.3, 0.4) is 0 Å². The first kappa shape index (κ1) is 14.1. The Hall–Kier alpha value is -0.340. The summed E-state index contributed by atoms with van der Waals surface area (Å²) in [5.74, 6) is 0.575. The number of halogens is 1. The highest BCUT2D eigenvalue weighted by Gasteiger charge is 2.31. The maximum atomic E-state index is 5.67. The lowest BCUT2D eigenvalue weighted by Crippen LogP contribution is -2.10. The topological polar surface area (TPSA) is 9.23 Å². The van der Waals surface area contributed by atoms with E-state index in [9.17, 15) is 0 Å². The first-order valence-electron chi connectivity index (χ1n) is 6.66. The largest absolute Gasteiger partial charge is 0.376 e. The monoisotopic (exact) mass is 310 g/mol. The molecule has 0 heterocycles. The lowest BCUT2D eigenvalue weighted by atomic mass is 9.87. The number of benzene rings is 1. The first-order valence-corrected chi connectivity index (χ1v) is 7.45. The first-order chi connectivity index (χ1) is 8.31. The number of hydrogen-bond acceptors (Lipinski definition) is 1. The summed E-state index contributed by atoms with van der Waals surface area (Å²) in [6, 6.07) is 4.64. The Morgan fingerprint density at radius 3 is 2.56 bits per heavy atom. The summed E-state index contributed by atoms with van der Waals surface area (Å²) in [7, 11) is 1.82. The fourth-order valence-electron chi connectivity index (χ4n) is 2.99. The molecule has 2 heteroatoms. The summed E-state index contributed by atoms with van der Waals surface area (Å²) in [5, 5.41) is 0. The molecule has 0 spiro atoms. The maximum Gasteiger partial charge on any atom is 0.0852 e. The molecule has 1 aliphatic carbocycles. The third kappa shape index (κ3) is 2.80. The summed E-state index contributed by atoms with van der Waals surface area (Å²) in [5.41, 5.74) is 4.55. The molecule has 1 nitrogen and oxygen atoms in total. The Bertz CT molecular complexity index is 445. The van der Waals surface area contributed by atoms with Crippen molar-refractivity contribution in [2.45, 2.75) is 46.6 Å². The van der Waals surface area contributed by atoms with Crippen LogP contribution in [0.15, 0.2) is 16.6 Å². The van der Waals surface area contributed by atoms with Crippen LogP contribution < -0.4 is 0 Å². The molecule has 100 valence electrons. The van der Waals surface area contributed by atoms with Crippen LogP contribution in [-0.2, 0) is 17.6 Å². The molecule has 2 atom stereocenters. The molecule has 1 aliphatic rings. The number of ether oxygens (including phenoxy) is 1. The molecule has 0 fully saturated rings. The molecule has 18 heavy (non-hydrogen) atoms. The van der Waals surface area contributed by atoms with E-state index in [-0.39, 0.29) is 6.10 Å². The van der Waals surface area contributed by atoms with Gasteiger partial charge in [-0.15, -0.1) is 0 Å². The van der Waals surface area contributed by atoms with Gasteiger partial charge in [0.1, 0.15) is 0 Å². The number of fused-ring (bicyclic) bond motifs is 1. The highest BCUT2D eigenvalue weighted by molar-refractivity contribution is 9.10. The Morgan fingerprint density at radius 2 is 2.00 bits per heavy atom. The van der Waals surface area contributed by atoms with E-state index in [0.29, 0.717) is 11.3 Å². The third-order valence-corrected chi connectivity index (χ3v) is 4.34. The molecule has 0 aliphatic heterocycles. The van der Waals surface area contributed by atoms with Crippen LogP contribution in [0.2, 0.25) is 0 Å². The highest BCUT2D eigenvalue weighted by atomic mass is 79.9. The molecule has 0 saturated heterocycles. The van der Waals surface area contributed by atoms with Crippen molar-refractivity contribution in [2.75, 3.05) is 7.11 Å². The van der Waals surface area contributed by atoms with Gasteiger partial charge >= 0.3 is 0 Å². The van der Waals surface area contributed by atoms with Crippen molar-refractivity contribution >= 4 is 15.9 Å². The lowest BCUT2D eigenvalue weighted by Gasteiger charge is -2.20. The van der Waals surface area contributed by atoms with Crippen LogP contribution in [0.1, 0.15) is 50.5 Å². The van der Waals surface area contributed by atoms with Gasteiger partial charge < -0.3 is 4.74 Å². The van der Waals surface area contributed by atoms with Gasteiger partial charge in [-0.3, -0.25) is 0 Å². The molecule has 0 radical (unpaired) electrons. The Kier molecular flexibility index (Phi) is 3.89. The highest BCUT2D eigenvalue weighted by Crippen LogP contribution is 2.42. The van der Waals surface area contributed by atoms with E-state index in [0.717, 1.165) is 12.8 Å². The fourth-order valence-corrected chi connectivity index (χ4v) is 3.68. The van der Waals surface area contributed by atoms with E-state index in [4.69, 9.17) is 4.74 Å². The zero-order chi connectivity index (χ0) is 13.5. The van der Waals surface area contributed by atoms with E-state index in [2.05, 4.69) is 55.8 Å². The molecule has 2 rings (SSSR count). The number of rotatable bonds is 2. The Morgan fingerprint density at radius 1 is 1.33 bits per heavy atom. The zero-order valence-electron chi connectivity index (χ0n) is 12.0. The summed E-state index contributed by atoms with van der Waals surface area (Å²) in [6.07, 6.45) is 2.48. The van der Waals surface area contributed by atoms with Gasteiger partial charge in [0.05, 0.1) is 6.10 Å². The lowest BCUT2D eigenvalue weighted by molar-refractivity contribution is 0.0694. The van der Waals surface area contributed by atoms with Gasteiger partial charge in [-0.05, 0) is 46.9 Å². The summed E-state index contributed by atoms with van der Waals surface area (Å²) >= 11 is 3.73. The normalized spacial score (nSPS) is 23.2. The minimum absolute atomic E-state index is 0.260. The molecule has 2 unspecified atom stereocenters. The predicted molar refractivity (Wildman–Crippen MR) is 79.9 cm³/mol. The Balaban J connectivity index is 2.39. The molecule has 1 aromatic rings. The predicted octanol–water partition coefficient (Wildman–Crippen LogP) is 4.92. The third-order valence-electron chi connectivity index (χ3n) is 3.63. The molecule has 1 aromatic carbocycles. The second-order valence-corrected chi connectivity index (χ2v) is 7.57. The molecular weight excluding hydrogens is 288 g/mol. The quantitative estimate of drug-likeness (QED) is 0.753. The molecule has 0 saturated carbocycles. The average Bonchev–Trinajstić information content (AvgIpc) is 2.52. The van der Waals surface area contributed by atoms with Crippen LogP contribution in [0.5, 0.6) is 0 Å². The fraction of sp³-hybridized carbons (Fsp3) is 0.625. The van der Waals surface area contributed by atoms with Crippen molar-refractivity contribution in [1.29, 1.82) is 0 Å². The molecule has 0 N–H and O–H groups in total. The van der Waals surface area contributed by atoms with Crippen molar-refractivity contribution in [1.82, 2.24) is 0 Å². The second kappa shape index (κ2) is 4.97. The Labute approximate surface area is 119 Å². The van der Waals surface area contributed by atoms with Crippen molar-refractivity contribution in [3.8, 4) is 0 Å². The number of methoxy groups -OCH3 is 1. The van der Waals surface area contributed by atoms with Crippen LogP contribution in [0.25, 0.3) is 0 Å². The van der Waals surface area contributed by atoms with Crippen LogP contribution in [0.4, 0.5) is 0 Å². The van der Waals surface area contributed by atoms with Crippen molar-refractivity contribution in [2.24, 2.45) is 11.3 Å². The molecule has 0 aromatic heterocycles. The summed E-state index contributed by atoms with van der Waals surface area (Å²) in [4.78, 5) is 0. The standard InChI is InChI=1S/C16H23BrO/c1-10-6-12-13(15(10)18-5)7-11(8-14(12)17)9-16(2,3)4/h7-8,10,15H,6,9H2,1-5H3. The minimum atomic E-state index is 0.260. The van der Waals surface area contributed by atoms with E-state index in [1.54, 1.807) is 0 Å². The van der Waals surface area contributed by atoms with Crippen LogP contribution >= 0.6 is 15.9 Å². The van der Waals surface area contributed by atoms with Crippen molar-refractivity contribution in [3.63, 3.8) is 0 Å². The van der Waals surface area contributed by atoms with Crippen molar-refractivity contribution < 1.29 is 4.74 Å². The molecule has 0 bridgehead atoms. The molecular formula is C16H23BrO. The van der Waals surface area contributed by atoms with Crippen molar-refractivity contribution in [3.05, 3.63) is 33.3 Å². The van der Waals surface area contributed by atoms with E-state index in [1.807, 2.05) is 7.11 Å². The van der Waals surface area contributed by atoms with Crippen LogP contribution in [0, 0.1) is 11.3 Å². The smallest absolute Gasteiger partial charge is 0.0852 e. The van der Waals surface area contributed by atoms with Gasteiger partial charge in [0.15, 0.2) is 0 Å². The second-order valence-electron chi connectivity index (χ2n) is 6.72.